The molecule has 3 rings (SSSR count). The van der Waals surface area contributed by atoms with E-state index in [9.17, 15) is 9.59 Å². The Labute approximate surface area is 148 Å². The Hall–Kier alpha value is -2.30. The summed E-state index contributed by atoms with van der Waals surface area (Å²) in [5.74, 6) is -0.340. The molecule has 0 heterocycles. The van der Waals surface area contributed by atoms with E-state index in [-0.39, 0.29) is 36.4 Å². The molecule has 134 valence electrons. The lowest BCUT2D eigenvalue weighted by molar-refractivity contribution is -0.151. The van der Waals surface area contributed by atoms with Gasteiger partial charge in [-0.05, 0) is 44.6 Å². The van der Waals surface area contributed by atoms with E-state index >= 15 is 0 Å². The summed E-state index contributed by atoms with van der Waals surface area (Å²) in [6.07, 6.45) is 4.52. The summed E-state index contributed by atoms with van der Waals surface area (Å²) in [4.78, 5) is 24.8. The van der Waals surface area contributed by atoms with Crippen LogP contribution in [0.2, 0.25) is 0 Å². The first-order valence-corrected chi connectivity index (χ1v) is 8.72. The van der Waals surface area contributed by atoms with E-state index in [4.69, 9.17) is 9.47 Å². The Kier molecular flexibility index (Phi) is 4.84. The van der Waals surface area contributed by atoms with E-state index in [2.05, 4.69) is 17.5 Å². The Balaban J connectivity index is 1.63. The SMILES string of the molecule is CC(C)(C)OC(=O)N[C@H]1[C@@H](C(=O)OCc2ccccc2)[C@@H]2C=C[C@H]1C2. The zero-order valence-electron chi connectivity index (χ0n) is 14.9. The first-order chi connectivity index (χ1) is 11.8. The maximum absolute atomic E-state index is 12.6. The summed E-state index contributed by atoms with van der Waals surface area (Å²) < 4.78 is 10.9. The Morgan fingerprint density at radius 1 is 1.12 bits per heavy atom. The number of rotatable bonds is 4. The Morgan fingerprint density at radius 3 is 2.48 bits per heavy atom. The van der Waals surface area contributed by atoms with Gasteiger partial charge in [0.2, 0.25) is 0 Å². The third-order valence-corrected chi connectivity index (χ3v) is 4.64. The molecule has 1 fully saturated rings. The molecule has 2 aliphatic rings. The standard InChI is InChI=1S/C20H25NO4/c1-20(2,3)25-19(23)21-17-15-10-9-14(11-15)16(17)18(22)24-12-13-7-5-4-6-8-13/h4-10,14-17H,11-12H2,1-3H3,(H,21,23)/t14-,15+,16+,17-/m1/s1. The van der Waals surface area contributed by atoms with Gasteiger partial charge in [-0.2, -0.15) is 0 Å². The van der Waals surface area contributed by atoms with Crippen LogP contribution < -0.4 is 5.32 Å². The molecule has 2 bridgehead atoms. The summed E-state index contributed by atoms with van der Waals surface area (Å²) in [5, 5.41) is 2.88. The van der Waals surface area contributed by atoms with E-state index in [0.717, 1.165) is 12.0 Å². The molecular formula is C20H25NO4. The number of carbonyl (C=O) groups excluding carboxylic acids is 2. The van der Waals surface area contributed by atoms with Crippen LogP contribution in [0.3, 0.4) is 0 Å². The van der Waals surface area contributed by atoms with Gasteiger partial charge in [0.05, 0.1) is 12.0 Å². The quantitative estimate of drug-likeness (QED) is 0.672. The van der Waals surface area contributed by atoms with Gasteiger partial charge in [-0.3, -0.25) is 4.79 Å². The third kappa shape index (κ3) is 4.21. The fourth-order valence-corrected chi connectivity index (χ4v) is 3.61. The lowest BCUT2D eigenvalue weighted by Crippen LogP contribution is -2.47. The average molecular weight is 343 g/mol. The molecule has 4 atom stereocenters. The highest BCUT2D eigenvalue weighted by molar-refractivity contribution is 5.77. The molecule has 2 aliphatic carbocycles. The minimum absolute atomic E-state index is 0.119. The van der Waals surface area contributed by atoms with E-state index < -0.39 is 11.7 Å². The van der Waals surface area contributed by atoms with Gasteiger partial charge in [-0.25, -0.2) is 4.79 Å². The first-order valence-electron chi connectivity index (χ1n) is 8.72. The van der Waals surface area contributed by atoms with E-state index in [0.29, 0.717) is 0 Å². The predicted molar refractivity (Wildman–Crippen MR) is 93.6 cm³/mol. The van der Waals surface area contributed by atoms with Gasteiger partial charge in [0.1, 0.15) is 12.2 Å². The minimum Gasteiger partial charge on any atom is -0.461 e. The number of ether oxygens (including phenoxy) is 2. The molecule has 0 aromatic heterocycles. The van der Waals surface area contributed by atoms with Gasteiger partial charge >= 0.3 is 12.1 Å². The van der Waals surface area contributed by atoms with Gasteiger partial charge in [-0.1, -0.05) is 42.5 Å². The van der Waals surface area contributed by atoms with E-state index in [1.54, 1.807) is 0 Å². The highest BCUT2D eigenvalue weighted by Gasteiger charge is 2.50. The summed E-state index contributed by atoms with van der Waals surface area (Å²) >= 11 is 0. The maximum atomic E-state index is 12.6. The zero-order chi connectivity index (χ0) is 18.0. The molecule has 0 radical (unpaired) electrons. The van der Waals surface area contributed by atoms with E-state index in [1.807, 2.05) is 51.1 Å². The number of amides is 1. The minimum atomic E-state index is -0.569. The van der Waals surface area contributed by atoms with Crippen molar-refractivity contribution in [2.75, 3.05) is 0 Å². The summed E-state index contributed by atoms with van der Waals surface area (Å²) in [5.41, 5.74) is 0.382. The third-order valence-electron chi connectivity index (χ3n) is 4.64. The van der Waals surface area contributed by atoms with Gasteiger partial charge in [0.25, 0.3) is 0 Å². The zero-order valence-corrected chi connectivity index (χ0v) is 14.9. The number of allylic oxidation sites excluding steroid dienone is 1. The molecule has 0 aliphatic heterocycles. The molecule has 1 aromatic carbocycles. The van der Waals surface area contributed by atoms with Crippen molar-refractivity contribution in [3.8, 4) is 0 Å². The van der Waals surface area contributed by atoms with Gasteiger partial charge in [0, 0.05) is 0 Å². The molecule has 1 aromatic rings. The first kappa shape index (κ1) is 17.5. The van der Waals surface area contributed by atoms with Crippen molar-refractivity contribution in [2.45, 2.75) is 45.4 Å². The van der Waals surface area contributed by atoms with E-state index in [1.165, 1.54) is 0 Å². The second kappa shape index (κ2) is 6.90. The van der Waals surface area contributed by atoms with Crippen LogP contribution in [0, 0.1) is 17.8 Å². The maximum Gasteiger partial charge on any atom is 0.407 e. The van der Waals surface area contributed by atoms with Crippen molar-refractivity contribution < 1.29 is 19.1 Å². The van der Waals surface area contributed by atoms with Crippen LogP contribution >= 0.6 is 0 Å². The second-order valence-electron chi connectivity index (χ2n) is 7.74. The molecule has 0 spiro atoms. The van der Waals surface area contributed by atoms with Crippen molar-refractivity contribution in [3.05, 3.63) is 48.0 Å². The van der Waals surface area contributed by atoms with Crippen molar-refractivity contribution in [1.82, 2.24) is 5.32 Å². The molecule has 5 nitrogen and oxygen atoms in total. The Bertz CT molecular complexity index is 662. The van der Waals surface area contributed by atoms with Gasteiger partial charge in [0.15, 0.2) is 0 Å². The topological polar surface area (TPSA) is 64.6 Å². The molecule has 0 unspecified atom stereocenters. The number of benzene rings is 1. The molecule has 1 saturated carbocycles. The van der Waals surface area contributed by atoms with Gasteiger partial charge < -0.3 is 14.8 Å². The van der Waals surface area contributed by atoms with Gasteiger partial charge in [-0.15, -0.1) is 0 Å². The normalized spacial score (nSPS) is 27.2. The second-order valence-corrected chi connectivity index (χ2v) is 7.74. The van der Waals surface area contributed by atoms with Crippen LogP contribution in [0.4, 0.5) is 4.79 Å². The monoisotopic (exact) mass is 343 g/mol. The van der Waals surface area contributed by atoms with Crippen molar-refractivity contribution in [3.63, 3.8) is 0 Å². The molecule has 0 saturated heterocycles. The molecule has 1 amide bonds. The van der Waals surface area contributed by atoms with Crippen molar-refractivity contribution >= 4 is 12.1 Å². The molecular weight excluding hydrogens is 318 g/mol. The Morgan fingerprint density at radius 2 is 1.80 bits per heavy atom. The number of hydrogen-bond donors (Lipinski definition) is 1. The number of carbonyl (C=O) groups is 2. The lowest BCUT2D eigenvalue weighted by Gasteiger charge is -2.29. The van der Waals surface area contributed by atoms with Crippen LogP contribution in [0.25, 0.3) is 0 Å². The van der Waals surface area contributed by atoms with Crippen LogP contribution in [-0.4, -0.2) is 23.7 Å². The smallest absolute Gasteiger partial charge is 0.407 e. The number of fused-ring (bicyclic) bond motifs is 2. The largest absolute Gasteiger partial charge is 0.461 e. The predicted octanol–water partition coefficient (Wildman–Crippen LogP) is 3.45. The van der Waals surface area contributed by atoms with Crippen molar-refractivity contribution in [2.24, 2.45) is 17.8 Å². The molecule has 25 heavy (non-hydrogen) atoms. The van der Waals surface area contributed by atoms with Crippen molar-refractivity contribution in [1.29, 1.82) is 0 Å². The van der Waals surface area contributed by atoms with Crippen LogP contribution in [-0.2, 0) is 20.9 Å². The fourth-order valence-electron chi connectivity index (χ4n) is 3.61. The number of hydrogen-bond acceptors (Lipinski definition) is 4. The highest BCUT2D eigenvalue weighted by atomic mass is 16.6. The van der Waals surface area contributed by atoms with Crippen LogP contribution in [0.15, 0.2) is 42.5 Å². The van der Waals surface area contributed by atoms with Crippen LogP contribution in [0.1, 0.15) is 32.8 Å². The summed E-state index contributed by atoms with van der Waals surface area (Å²) in [6.45, 7) is 5.70. The summed E-state index contributed by atoms with van der Waals surface area (Å²) in [7, 11) is 0. The lowest BCUT2D eigenvalue weighted by atomic mass is 9.89. The molecule has 5 heteroatoms. The molecule has 1 N–H and O–H groups in total. The average Bonchev–Trinajstić information content (AvgIpc) is 3.13. The highest BCUT2D eigenvalue weighted by Crippen LogP contribution is 2.44. The number of alkyl carbamates (subject to hydrolysis) is 1. The summed E-state index contributed by atoms with van der Waals surface area (Å²) in [6, 6.07) is 9.32. The fraction of sp³-hybridized carbons (Fsp3) is 0.500. The number of nitrogens with one attached hydrogen (secondary N) is 1. The number of esters is 1. The van der Waals surface area contributed by atoms with Crippen LogP contribution in [0.5, 0.6) is 0 Å².